The van der Waals surface area contributed by atoms with Crippen LogP contribution in [-0.2, 0) is 4.74 Å². The molecule has 0 saturated carbocycles. The lowest BCUT2D eigenvalue weighted by molar-refractivity contribution is -0.703. The molecule has 0 aromatic carbocycles. The van der Waals surface area contributed by atoms with Crippen LogP contribution in [0.1, 0.15) is 103 Å². The highest BCUT2D eigenvalue weighted by molar-refractivity contribution is 7.21. The number of hydrogen-bond donors (Lipinski definition) is 3. The van der Waals surface area contributed by atoms with Gasteiger partial charge in [-0.15, -0.1) is 22.7 Å². The third kappa shape index (κ3) is 8.96. The van der Waals surface area contributed by atoms with Crippen molar-refractivity contribution in [3.8, 4) is 0 Å². The van der Waals surface area contributed by atoms with Crippen LogP contribution in [0.2, 0.25) is 0 Å². The van der Waals surface area contributed by atoms with E-state index in [-0.39, 0.29) is 12.1 Å². The normalized spacial score (nSPS) is 19.1. The van der Waals surface area contributed by atoms with E-state index in [1.807, 2.05) is 33.8 Å². The summed E-state index contributed by atoms with van der Waals surface area (Å²) in [7, 11) is 0. The number of aryl methyl sites for hydroxylation is 2. The zero-order valence-electron chi connectivity index (χ0n) is 32.7. The summed E-state index contributed by atoms with van der Waals surface area (Å²) in [6, 6.07) is 4.02. The number of rotatable bonds is 11. The van der Waals surface area contributed by atoms with Crippen LogP contribution in [0.3, 0.4) is 0 Å². The van der Waals surface area contributed by atoms with Crippen LogP contribution >= 0.6 is 22.7 Å². The first kappa shape index (κ1) is 39.1. The topological polar surface area (TPSA) is 177 Å². The molecule has 3 fully saturated rings. The van der Waals surface area contributed by atoms with Crippen LogP contribution in [-0.4, -0.2) is 95.7 Å². The number of thiophene rings is 2. The first-order chi connectivity index (χ1) is 26.2. The van der Waals surface area contributed by atoms with Crippen molar-refractivity contribution in [1.29, 1.82) is 0 Å². The fourth-order valence-corrected chi connectivity index (χ4v) is 10.4. The number of carbonyl (C=O) groups is 3. The molecule has 0 bridgehead atoms. The number of nitrogens with zero attached hydrogens (tertiary/aromatic N) is 7. The molecule has 16 heteroatoms. The number of anilines is 2. The Bertz CT molecular complexity index is 2060. The van der Waals surface area contributed by atoms with Crippen LogP contribution in [0.25, 0.3) is 20.4 Å². The van der Waals surface area contributed by atoms with Gasteiger partial charge in [-0.3, -0.25) is 14.5 Å². The zero-order chi connectivity index (χ0) is 39.0. The Labute approximate surface area is 330 Å². The van der Waals surface area contributed by atoms with Gasteiger partial charge >= 0.3 is 6.09 Å². The summed E-state index contributed by atoms with van der Waals surface area (Å²) in [6.45, 7) is 16.8. The first-order valence-corrected chi connectivity index (χ1v) is 21.3. The molecule has 4 aromatic rings. The number of primary amides is 2. The third-order valence-electron chi connectivity index (χ3n) is 11.3. The summed E-state index contributed by atoms with van der Waals surface area (Å²) in [6.07, 6.45) is 6.94. The van der Waals surface area contributed by atoms with E-state index in [0.29, 0.717) is 34.0 Å². The van der Waals surface area contributed by atoms with Gasteiger partial charge in [-0.1, -0.05) is 0 Å². The van der Waals surface area contributed by atoms with E-state index in [9.17, 15) is 14.4 Å². The van der Waals surface area contributed by atoms with Crippen LogP contribution in [0.15, 0.2) is 12.1 Å². The summed E-state index contributed by atoms with van der Waals surface area (Å²) >= 11 is 2.84. The maximum absolute atomic E-state index is 12.4. The quantitative estimate of drug-likeness (QED) is 0.174. The molecule has 0 spiro atoms. The summed E-state index contributed by atoms with van der Waals surface area (Å²) in [5.41, 5.74) is 12.7. The monoisotopic (exact) mass is 791 g/mol. The van der Waals surface area contributed by atoms with E-state index in [0.717, 1.165) is 129 Å². The average molecular weight is 792 g/mol. The highest BCUT2D eigenvalue weighted by Gasteiger charge is 2.35. The SMILES string of the molecule is Cc1nc(N2CCC(CCN3CCC([n+]4c(C)nc(N5CCC(CCNC(=O)OC(C)(C)C)CC5)c5sc(C(N)=O)cc54)C3)CC2)c2sc(C(N)=O)cc2n1. The van der Waals surface area contributed by atoms with E-state index in [1.165, 1.54) is 22.7 Å². The van der Waals surface area contributed by atoms with E-state index in [4.69, 9.17) is 26.2 Å². The average Bonchev–Trinajstić information content (AvgIpc) is 3.89. The standard InChI is InChI=1S/C39H54N10O4S2/c1-23-43-28-20-30(34(40)50)54-32(28)36(44-23)47-18-10-26(11-19-47)7-14-46-15-12-27(22-46)49-24(2)45-37(33-29(49)21-31(55-33)35(41)51)48-16-8-25(9-17-48)6-13-42-38(52)53-39(3,4)5/h20-21,25-27H,6-19,22H2,1-5H3,(H4-,40,41,42,50,51,52)/p+1. The summed E-state index contributed by atoms with van der Waals surface area (Å²) in [4.78, 5) is 59.3. The zero-order valence-corrected chi connectivity index (χ0v) is 34.4. The largest absolute Gasteiger partial charge is 0.444 e. The number of fused-ring (bicyclic) bond motifs is 2. The number of amides is 3. The number of alkyl carbamates (subject to hydrolysis) is 1. The molecule has 296 valence electrons. The number of piperidine rings is 2. The Balaban J connectivity index is 0.951. The number of hydrogen-bond acceptors (Lipinski definition) is 12. The molecule has 3 saturated heterocycles. The van der Waals surface area contributed by atoms with Crippen molar-refractivity contribution in [3.05, 3.63) is 33.5 Å². The first-order valence-electron chi connectivity index (χ1n) is 19.6. The molecule has 0 radical (unpaired) electrons. The smallest absolute Gasteiger partial charge is 0.407 e. The second-order valence-electron chi connectivity index (χ2n) is 16.4. The molecular formula is C39H55N10O4S2+. The Morgan fingerprint density at radius 3 is 2.07 bits per heavy atom. The van der Waals surface area contributed by atoms with E-state index in [2.05, 4.69) is 36.5 Å². The molecule has 55 heavy (non-hydrogen) atoms. The maximum Gasteiger partial charge on any atom is 0.407 e. The van der Waals surface area contributed by atoms with Gasteiger partial charge in [-0.05, 0) is 95.7 Å². The molecule has 4 aromatic heterocycles. The van der Waals surface area contributed by atoms with E-state index >= 15 is 0 Å². The van der Waals surface area contributed by atoms with Crippen LogP contribution in [0.5, 0.6) is 0 Å². The van der Waals surface area contributed by atoms with Crippen molar-refractivity contribution in [2.75, 3.05) is 62.2 Å². The van der Waals surface area contributed by atoms with Crippen LogP contribution in [0, 0.1) is 25.7 Å². The minimum atomic E-state index is -0.507. The van der Waals surface area contributed by atoms with Gasteiger partial charge in [0.25, 0.3) is 23.5 Å². The minimum Gasteiger partial charge on any atom is -0.444 e. The van der Waals surface area contributed by atoms with Gasteiger partial charge in [-0.2, -0.15) is 0 Å². The molecule has 3 aliphatic rings. The van der Waals surface area contributed by atoms with Gasteiger partial charge in [0.05, 0.1) is 20.0 Å². The van der Waals surface area contributed by atoms with Gasteiger partial charge in [0.2, 0.25) is 0 Å². The summed E-state index contributed by atoms with van der Waals surface area (Å²) in [5, 5.41) is 2.90. The second kappa shape index (κ2) is 16.1. The lowest BCUT2D eigenvalue weighted by atomic mass is 9.93. The van der Waals surface area contributed by atoms with Crippen molar-refractivity contribution in [1.82, 2.24) is 25.2 Å². The lowest BCUT2D eigenvalue weighted by Gasteiger charge is -2.33. The molecular weight excluding hydrogens is 737 g/mol. The van der Waals surface area contributed by atoms with Crippen LogP contribution < -0.4 is 31.2 Å². The predicted molar refractivity (Wildman–Crippen MR) is 217 cm³/mol. The van der Waals surface area contributed by atoms with Gasteiger partial charge in [0.1, 0.15) is 28.0 Å². The molecule has 3 amide bonds. The van der Waals surface area contributed by atoms with Crippen molar-refractivity contribution >= 4 is 72.7 Å². The predicted octanol–water partition coefficient (Wildman–Crippen LogP) is 5.09. The maximum atomic E-state index is 12.4. The molecule has 3 aliphatic heterocycles. The molecule has 7 heterocycles. The number of carbonyl (C=O) groups excluding carboxylic acids is 3. The molecule has 1 unspecified atom stereocenters. The van der Waals surface area contributed by atoms with Crippen molar-refractivity contribution in [2.24, 2.45) is 23.3 Å². The molecule has 7 rings (SSSR count). The van der Waals surface area contributed by atoms with E-state index < -0.39 is 17.4 Å². The van der Waals surface area contributed by atoms with E-state index in [1.54, 1.807) is 6.07 Å². The lowest BCUT2D eigenvalue weighted by Crippen LogP contribution is -2.46. The number of nitrogens with one attached hydrogen (secondary N) is 1. The minimum absolute atomic E-state index is 0.268. The molecule has 1 atom stereocenters. The Hall–Kier alpha value is -4.15. The summed E-state index contributed by atoms with van der Waals surface area (Å²) < 4.78 is 9.70. The van der Waals surface area contributed by atoms with Gasteiger partial charge in [0.15, 0.2) is 5.52 Å². The van der Waals surface area contributed by atoms with Crippen molar-refractivity contribution in [3.63, 3.8) is 0 Å². The van der Waals surface area contributed by atoms with Crippen molar-refractivity contribution < 1.29 is 23.7 Å². The fraction of sp³-hybridized carbons (Fsp3) is 0.615. The number of likely N-dealkylation sites (tertiary alicyclic amines) is 1. The third-order valence-corrected chi connectivity index (χ3v) is 13.5. The molecule has 14 nitrogen and oxygen atoms in total. The second-order valence-corrected chi connectivity index (χ2v) is 18.5. The highest BCUT2D eigenvalue weighted by atomic mass is 32.1. The van der Waals surface area contributed by atoms with Crippen LogP contribution in [0.4, 0.5) is 16.4 Å². The van der Waals surface area contributed by atoms with Gasteiger partial charge in [-0.25, -0.2) is 19.3 Å². The Kier molecular flexibility index (Phi) is 11.5. The fourth-order valence-electron chi connectivity index (χ4n) is 8.46. The van der Waals surface area contributed by atoms with Gasteiger partial charge < -0.3 is 31.3 Å². The Morgan fingerprint density at radius 1 is 0.836 bits per heavy atom. The number of ether oxygens (including phenoxy) is 1. The number of aromatic nitrogens is 4. The summed E-state index contributed by atoms with van der Waals surface area (Å²) in [5.74, 6) is 3.84. The number of nitrogens with two attached hydrogens (primary N) is 2. The molecule has 5 N–H and O–H groups in total. The molecule has 0 aliphatic carbocycles. The van der Waals surface area contributed by atoms with Gasteiger partial charge in [0, 0.05) is 65.2 Å². The Morgan fingerprint density at radius 2 is 1.44 bits per heavy atom. The van der Waals surface area contributed by atoms with Crippen molar-refractivity contribution in [2.45, 2.75) is 91.2 Å². The highest BCUT2D eigenvalue weighted by Crippen LogP contribution is 2.37.